The van der Waals surface area contributed by atoms with Crippen molar-refractivity contribution in [1.29, 1.82) is 5.26 Å². The van der Waals surface area contributed by atoms with E-state index in [2.05, 4.69) is 20.5 Å². The number of nitrogens with zero attached hydrogens (tertiary/aromatic N) is 3. The van der Waals surface area contributed by atoms with Gasteiger partial charge in [0.25, 0.3) is 0 Å². The van der Waals surface area contributed by atoms with Crippen LogP contribution in [0.2, 0.25) is 0 Å². The van der Waals surface area contributed by atoms with E-state index in [-0.39, 0.29) is 0 Å². The van der Waals surface area contributed by atoms with E-state index in [0.717, 1.165) is 5.56 Å². The number of pyridine rings is 1. The van der Waals surface area contributed by atoms with Gasteiger partial charge in [-0.15, -0.1) is 0 Å². The lowest BCUT2D eigenvalue weighted by Crippen LogP contribution is -2.02. The fourth-order valence-corrected chi connectivity index (χ4v) is 1.24. The summed E-state index contributed by atoms with van der Waals surface area (Å²) in [6.45, 7) is 0.518. The minimum atomic E-state index is 0.518. The molecule has 0 fully saturated rings. The zero-order valence-electron chi connectivity index (χ0n) is 8.44. The van der Waals surface area contributed by atoms with Crippen LogP contribution in [0.15, 0.2) is 24.5 Å². The van der Waals surface area contributed by atoms with Crippen molar-refractivity contribution >= 4 is 11.6 Å². The minimum absolute atomic E-state index is 0.518. The van der Waals surface area contributed by atoms with Crippen molar-refractivity contribution in [1.82, 2.24) is 15.2 Å². The van der Waals surface area contributed by atoms with Crippen LogP contribution >= 0.6 is 0 Å². The van der Waals surface area contributed by atoms with Crippen LogP contribution in [-0.2, 0) is 6.54 Å². The molecule has 0 saturated heterocycles. The van der Waals surface area contributed by atoms with Crippen LogP contribution in [0.3, 0.4) is 0 Å². The van der Waals surface area contributed by atoms with Gasteiger partial charge in [0.2, 0.25) is 0 Å². The minimum Gasteiger partial charge on any atom is -0.384 e. The lowest BCUT2D eigenvalue weighted by molar-refractivity contribution is 1.10. The number of nitrogens with one attached hydrogen (secondary N) is 2. The van der Waals surface area contributed by atoms with Crippen molar-refractivity contribution < 1.29 is 0 Å². The largest absolute Gasteiger partial charge is 0.384 e. The average molecular weight is 214 g/mol. The molecule has 0 aliphatic rings. The molecule has 0 bridgehead atoms. The quantitative estimate of drug-likeness (QED) is 0.703. The number of hydrogen-bond donors (Lipinski definition) is 3. The fourth-order valence-electron chi connectivity index (χ4n) is 1.24. The van der Waals surface area contributed by atoms with Crippen molar-refractivity contribution in [2.24, 2.45) is 0 Å². The van der Waals surface area contributed by atoms with E-state index >= 15 is 0 Å². The number of nitrogen functional groups attached to an aromatic ring is 1. The summed E-state index contributed by atoms with van der Waals surface area (Å²) in [4.78, 5) is 4.08. The van der Waals surface area contributed by atoms with Gasteiger partial charge in [0.1, 0.15) is 11.6 Å². The van der Waals surface area contributed by atoms with Crippen molar-refractivity contribution in [3.8, 4) is 6.07 Å². The van der Waals surface area contributed by atoms with Gasteiger partial charge in [-0.25, -0.2) is 4.98 Å². The van der Waals surface area contributed by atoms with E-state index in [1.54, 1.807) is 24.5 Å². The molecule has 2 aromatic heterocycles. The van der Waals surface area contributed by atoms with E-state index in [0.29, 0.717) is 23.7 Å². The molecular weight excluding hydrogens is 204 g/mol. The summed E-state index contributed by atoms with van der Waals surface area (Å²) in [7, 11) is 0. The molecule has 0 aliphatic heterocycles. The van der Waals surface area contributed by atoms with Crippen LogP contribution in [0.5, 0.6) is 0 Å². The molecule has 0 aliphatic carbocycles. The van der Waals surface area contributed by atoms with Gasteiger partial charge in [0.15, 0.2) is 0 Å². The van der Waals surface area contributed by atoms with E-state index in [9.17, 15) is 0 Å². The van der Waals surface area contributed by atoms with Gasteiger partial charge in [0, 0.05) is 18.3 Å². The molecule has 4 N–H and O–H groups in total. The Hall–Kier alpha value is -2.55. The summed E-state index contributed by atoms with van der Waals surface area (Å²) in [5.74, 6) is 1.17. The van der Waals surface area contributed by atoms with E-state index in [4.69, 9.17) is 11.0 Å². The van der Waals surface area contributed by atoms with Gasteiger partial charge in [-0.3, -0.25) is 5.10 Å². The second-order valence-electron chi connectivity index (χ2n) is 3.20. The highest BCUT2D eigenvalue weighted by Gasteiger charge is 2.01. The monoisotopic (exact) mass is 214 g/mol. The van der Waals surface area contributed by atoms with Gasteiger partial charge in [0.05, 0.1) is 17.8 Å². The maximum atomic E-state index is 8.72. The molecule has 80 valence electrons. The first-order valence-corrected chi connectivity index (χ1v) is 4.67. The molecule has 0 amide bonds. The standard InChI is InChI=1S/C10H10N6/c11-4-7-1-2-13-9(3-7)14-5-8-6-15-16-10(8)12/h1-3,6H,5H2,(H,13,14)(H3,12,15,16). The Morgan fingerprint density at radius 1 is 1.56 bits per heavy atom. The third kappa shape index (κ3) is 2.09. The van der Waals surface area contributed by atoms with Crippen LogP contribution in [0.1, 0.15) is 11.1 Å². The van der Waals surface area contributed by atoms with Gasteiger partial charge in [-0.1, -0.05) is 0 Å². The van der Waals surface area contributed by atoms with Crippen molar-refractivity contribution in [3.63, 3.8) is 0 Å². The van der Waals surface area contributed by atoms with Gasteiger partial charge < -0.3 is 11.1 Å². The molecule has 0 saturated carbocycles. The Morgan fingerprint density at radius 3 is 3.12 bits per heavy atom. The zero-order chi connectivity index (χ0) is 11.4. The second kappa shape index (κ2) is 4.31. The van der Waals surface area contributed by atoms with Crippen LogP contribution in [0.4, 0.5) is 11.6 Å². The zero-order valence-corrected chi connectivity index (χ0v) is 8.44. The molecule has 0 spiro atoms. The van der Waals surface area contributed by atoms with Gasteiger partial charge >= 0.3 is 0 Å². The summed E-state index contributed by atoms with van der Waals surface area (Å²) in [6, 6.07) is 5.38. The molecule has 0 radical (unpaired) electrons. The Labute approximate surface area is 92.1 Å². The second-order valence-corrected chi connectivity index (χ2v) is 3.20. The molecular formula is C10H10N6. The lowest BCUT2D eigenvalue weighted by Gasteiger charge is -2.04. The number of nitrogens with two attached hydrogens (primary N) is 1. The molecule has 0 unspecified atom stereocenters. The number of nitriles is 1. The summed E-state index contributed by atoms with van der Waals surface area (Å²) in [6.07, 6.45) is 3.23. The molecule has 0 aromatic carbocycles. The molecule has 0 atom stereocenters. The third-order valence-corrected chi connectivity index (χ3v) is 2.10. The normalized spacial score (nSPS) is 9.69. The Balaban J connectivity index is 2.05. The third-order valence-electron chi connectivity index (χ3n) is 2.10. The highest BCUT2D eigenvalue weighted by Crippen LogP contribution is 2.10. The maximum absolute atomic E-state index is 8.72. The molecule has 2 heterocycles. The summed E-state index contributed by atoms with van der Waals surface area (Å²) >= 11 is 0. The highest BCUT2D eigenvalue weighted by molar-refractivity contribution is 5.45. The lowest BCUT2D eigenvalue weighted by atomic mass is 10.3. The first-order valence-electron chi connectivity index (χ1n) is 4.67. The fraction of sp³-hybridized carbons (Fsp3) is 0.100. The molecule has 6 heteroatoms. The highest BCUT2D eigenvalue weighted by atomic mass is 15.1. The topological polar surface area (TPSA) is 103 Å². The Morgan fingerprint density at radius 2 is 2.44 bits per heavy atom. The average Bonchev–Trinajstić information content (AvgIpc) is 2.72. The predicted molar refractivity (Wildman–Crippen MR) is 59.3 cm³/mol. The van der Waals surface area contributed by atoms with Crippen molar-refractivity contribution in [3.05, 3.63) is 35.7 Å². The van der Waals surface area contributed by atoms with Crippen molar-refractivity contribution in [2.45, 2.75) is 6.54 Å². The number of rotatable bonds is 3. The number of aromatic amines is 1. The van der Waals surface area contributed by atoms with E-state index < -0.39 is 0 Å². The van der Waals surface area contributed by atoms with Gasteiger partial charge in [-0.2, -0.15) is 10.4 Å². The van der Waals surface area contributed by atoms with E-state index in [1.165, 1.54) is 0 Å². The molecule has 2 aromatic rings. The number of aromatic nitrogens is 3. The predicted octanol–water partition coefficient (Wildman–Crippen LogP) is 0.871. The number of hydrogen-bond acceptors (Lipinski definition) is 5. The first kappa shape index (κ1) is 9.98. The van der Waals surface area contributed by atoms with Crippen LogP contribution < -0.4 is 11.1 Å². The first-order chi connectivity index (χ1) is 7.79. The summed E-state index contributed by atoms with van der Waals surface area (Å²) in [5, 5.41) is 18.2. The molecule has 16 heavy (non-hydrogen) atoms. The molecule has 6 nitrogen and oxygen atoms in total. The SMILES string of the molecule is N#Cc1ccnc(NCc2cn[nH]c2N)c1. The van der Waals surface area contributed by atoms with Crippen molar-refractivity contribution in [2.75, 3.05) is 11.1 Å². The maximum Gasteiger partial charge on any atom is 0.127 e. The smallest absolute Gasteiger partial charge is 0.127 e. The number of H-pyrrole nitrogens is 1. The van der Waals surface area contributed by atoms with Gasteiger partial charge in [-0.05, 0) is 12.1 Å². The van der Waals surface area contributed by atoms with Crippen LogP contribution in [0, 0.1) is 11.3 Å². The summed E-state index contributed by atoms with van der Waals surface area (Å²) in [5.41, 5.74) is 7.06. The van der Waals surface area contributed by atoms with E-state index in [1.807, 2.05) is 6.07 Å². The summed E-state index contributed by atoms with van der Waals surface area (Å²) < 4.78 is 0. The number of anilines is 2. The van der Waals surface area contributed by atoms with Crippen LogP contribution in [0.25, 0.3) is 0 Å². The Bertz CT molecular complexity index is 524. The Kier molecular flexibility index (Phi) is 2.69. The van der Waals surface area contributed by atoms with Crippen LogP contribution in [-0.4, -0.2) is 15.2 Å². The molecule has 2 rings (SSSR count).